The van der Waals surface area contributed by atoms with Crippen LogP contribution >= 0.6 is 0 Å². The second-order valence-corrected chi connectivity index (χ2v) is 9.53. The number of aromatic nitrogens is 1. The van der Waals surface area contributed by atoms with Crippen molar-refractivity contribution in [2.75, 3.05) is 19.0 Å². The predicted octanol–water partition coefficient (Wildman–Crippen LogP) is 2.74. The van der Waals surface area contributed by atoms with E-state index in [1.165, 1.54) is 36.1 Å². The van der Waals surface area contributed by atoms with Gasteiger partial charge in [0.1, 0.15) is 23.9 Å². The van der Waals surface area contributed by atoms with Crippen molar-refractivity contribution in [2.45, 2.75) is 78.5 Å². The molecular weight excluding hydrogens is 480 g/mol. The minimum atomic E-state index is -1.06. The first kappa shape index (κ1) is 31.4. The van der Waals surface area contributed by atoms with Gasteiger partial charge in [0, 0.05) is 18.8 Å². The van der Waals surface area contributed by atoms with E-state index in [0.29, 0.717) is 12.5 Å². The summed E-state index contributed by atoms with van der Waals surface area (Å²) in [5.74, 6) is -1.14. The first-order valence-electron chi connectivity index (χ1n) is 12.4. The highest BCUT2D eigenvalue weighted by Crippen LogP contribution is 2.10. The zero-order chi connectivity index (χ0) is 28.0. The van der Waals surface area contributed by atoms with E-state index in [1.807, 2.05) is 0 Å². The first-order chi connectivity index (χ1) is 17.4. The number of hydrogen-bond donors (Lipinski definition) is 3. The molecule has 0 spiro atoms. The van der Waals surface area contributed by atoms with Crippen molar-refractivity contribution < 1.29 is 28.7 Å². The Morgan fingerprint density at radius 2 is 1.81 bits per heavy atom. The van der Waals surface area contributed by atoms with Crippen molar-refractivity contribution in [1.29, 1.82) is 0 Å². The quantitative estimate of drug-likeness (QED) is 0.268. The summed E-state index contributed by atoms with van der Waals surface area (Å²) in [4.78, 5) is 61.8. The maximum absolute atomic E-state index is 13.0. The molecule has 0 aliphatic rings. The lowest BCUT2D eigenvalue weighted by Gasteiger charge is -2.23. The maximum Gasteiger partial charge on any atom is 0.408 e. The summed E-state index contributed by atoms with van der Waals surface area (Å²) in [5, 5.41) is 7.87. The number of pyridine rings is 1. The largest absolute Gasteiger partial charge is 0.466 e. The predicted molar refractivity (Wildman–Crippen MR) is 140 cm³/mol. The van der Waals surface area contributed by atoms with Crippen LogP contribution < -0.4 is 21.5 Å². The number of carbonyl (C=O) groups is 4. The Morgan fingerprint density at radius 3 is 2.41 bits per heavy atom. The number of methoxy groups -OCH3 is 1. The Morgan fingerprint density at radius 1 is 1.14 bits per heavy atom. The number of ether oxygens (including phenoxy) is 2. The number of allylic oxidation sites excluding steroid dienone is 1. The summed E-state index contributed by atoms with van der Waals surface area (Å²) in [7, 11) is 1.25. The van der Waals surface area contributed by atoms with E-state index >= 15 is 0 Å². The fourth-order valence-corrected chi connectivity index (χ4v) is 3.25. The van der Waals surface area contributed by atoms with E-state index in [9.17, 15) is 24.0 Å². The number of anilines is 1. The van der Waals surface area contributed by atoms with Gasteiger partial charge >= 0.3 is 12.1 Å². The fourth-order valence-electron chi connectivity index (χ4n) is 3.25. The number of nitrogens with zero attached hydrogens (tertiary/aromatic N) is 1. The molecule has 1 aromatic heterocycles. The van der Waals surface area contributed by atoms with Gasteiger partial charge in [0.2, 0.25) is 11.8 Å². The topological polar surface area (TPSA) is 145 Å². The van der Waals surface area contributed by atoms with Gasteiger partial charge in [0.15, 0.2) is 0 Å². The Kier molecular flexibility index (Phi) is 13.1. The minimum absolute atomic E-state index is 0.0404. The number of rotatable bonds is 13. The summed E-state index contributed by atoms with van der Waals surface area (Å²) < 4.78 is 11.0. The van der Waals surface area contributed by atoms with Gasteiger partial charge in [-0.3, -0.25) is 14.4 Å². The standard InChI is InChI=1S/C26H40N4O7/c1-7-18(8-2)16-27-21(31)17-30-15-11-13-20(24(30)34)28-23(33)19(12-9-10-14-22(32)36-6)29-25(35)37-26(3,4)5/h10-11,13-15,18-19H,7-9,12,16-17H2,1-6H3,(H,27,31)(H,28,33)(H,29,35)/t19-/m0/s1. The first-order valence-corrected chi connectivity index (χ1v) is 12.4. The molecule has 3 amide bonds. The van der Waals surface area contributed by atoms with E-state index in [2.05, 4.69) is 34.5 Å². The van der Waals surface area contributed by atoms with Crippen LogP contribution in [0.3, 0.4) is 0 Å². The van der Waals surface area contributed by atoms with Crippen LogP contribution in [0, 0.1) is 5.92 Å². The van der Waals surface area contributed by atoms with Crippen molar-refractivity contribution in [2.24, 2.45) is 5.92 Å². The molecule has 1 rings (SSSR count). The van der Waals surface area contributed by atoms with Gasteiger partial charge in [-0.15, -0.1) is 0 Å². The molecule has 0 fully saturated rings. The average Bonchev–Trinajstić information content (AvgIpc) is 2.82. The Balaban J connectivity index is 2.95. The Hall–Kier alpha value is -3.63. The highest BCUT2D eigenvalue weighted by Gasteiger charge is 2.25. The van der Waals surface area contributed by atoms with Gasteiger partial charge in [-0.1, -0.05) is 32.8 Å². The molecule has 3 N–H and O–H groups in total. The van der Waals surface area contributed by atoms with E-state index in [1.54, 1.807) is 26.8 Å². The summed E-state index contributed by atoms with van der Waals surface area (Å²) in [6, 6.07) is 1.90. The summed E-state index contributed by atoms with van der Waals surface area (Å²) in [5.41, 5.74) is -1.38. The van der Waals surface area contributed by atoms with Crippen molar-refractivity contribution >= 4 is 29.6 Å². The third-order valence-corrected chi connectivity index (χ3v) is 5.42. The molecule has 0 saturated carbocycles. The molecule has 0 bridgehead atoms. The van der Waals surface area contributed by atoms with Gasteiger partial charge < -0.3 is 30.0 Å². The molecule has 0 unspecified atom stereocenters. The highest BCUT2D eigenvalue weighted by molar-refractivity contribution is 5.96. The van der Waals surface area contributed by atoms with E-state index in [4.69, 9.17) is 4.74 Å². The third-order valence-electron chi connectivity index (χ3n) is 5.42. The van der Waals surface area contributed by atoms with E-state index < -0.39 is 35.2 Å². The van der Waals surface area contributed by atoms with Crippen LogP contribution in [-0.2, 0) is 30.4 Å². The van der Waals surface area contributed by atoms with Crippen molar-refractivity contribution in [3.63, 3.8) is 0 Å². The van der Waals surface area contributed by atoms with Crippen LogP contribution in [0.4, 0.5) is 10.5 Å². The van der Waals surface area contributed by atoms with Crippen LogP contribution in [0.25, 0.3) is 0 Å². The molecule has 0 aromatic carbocycles. The molecule has 1 aromatic rings. The van der Waals surface area contributed by atoms with Crippen LogP contribution in [0.15, 0.2) is 35.3 Å². The second-order valence-electron chi connectivity index (χ2n) is 9.53. The number of alkyl carbamates (subject to hydrolysis) is 1. The molecule has 11 nitrogen and oxygen atoms in total. The smallest absolute Gasteiger partial charge is 0.408 e. The number of nitrogens with one attached hydrogen (secondary N) is 3. The minimum Gasteiger partial charge on any atom is -0.466 e. The van der Waals surface area contributed by atoms with Crippen molar-refractivity contribution in [3.05, 3.63) is 40.8 Å². The average molecular weight is 521 g/mol. The van der Waals surface area contributed by atoms with Crippen LogP contribution in [0.1, 0.15) is 60.3 Å². The maximum atomic E-state index is 13.0. The summed E-state index contributed by atoms with van der Waals surface area (Å²) >= 11 is 0. The van der Waals surface area contributed by atoms with Crippen molar-refractivity contribution in [3.8, 4) is 0 Å². The van der Waals surface area contributed by atoms with Gasteiger partial charge in [0.05, 0.1) is 7.11 Å². The third kappa shape index (κ3) is 12.2. The van der Waals surface area contributed by atoms with E-state index in [-0.39, 0.29) is 31.0 Å². The molecular formula is C26H40N4O7. The molecule has 1 atom stereocenters. The second kappa shape index (κ2) is 15.5. The Bertz CT molecular complexity index is 1010. The number of carbonyl (C=O) groups excluding carboxylic acids is 4. The molecule has 11 heteroatoms. The number of amides is 3. The lowest BCUT2D eigenvalue weighted by atomic mass is 10.0. The highest BCUT2D eigenvalue weighted by atomic mass is 16.6. The molecule has 0 radical (unpaired) electrons. The number of hydrogen-bond acceptors (Lipinski definition) is 7. The van der Waals surface area contributed by atoms with Gasteiger partial charge in [0.25, 0.3) is 5.56 Å². The van der Waals surface area contributed by atoms with Crippen LogP contribution in [0.5, 0.6) is 0 Å². The van der Waals surface area contributed by atoms with Gasteiger partial charge in [-0.05, 0) is 51.7 Å². The SMILES string of the molecule is CCC(CC)CNC(=O)Cn1cccc(NC(=O)[C@H](CCC=CC(=O)OC)NC(=O)OC(C)(C)C)c1=O. The molecule has 206 valence electrons. The molecule has 0 aliphatic heterocycles. The molecule has 0 aliphatic carbocycles. The van der Waals surface area contributed by atoms with Gasteiger partial charge in [-0.2, -0.15) is 0 Å². The zero-order valence-electron chi connectivity index (χ0n) is 22.6. The fraction of sp³-hybridized carbons (Fsp3) is 0.577. The van der Waals surface area contributed by atoms with Crippen molar-refractivity contribution in [1.82, 2.24) is 15.2 Å². The molecule has 37 heavy (non-hydrogen) atoms. The summed E-state index contributed by atoms with van der Waals surface area (Å²) in [6.45, 7) is 9.50. The van der Waals surface area contributed by atoms with Crippen LogP contribution in [-0.4, -0.2) is 53.7 Å². The summed E-state index contributed by atoms with van der Waals surface area (Å²) in [6.07, 6.45) is 5.65. The molecule has 0 saturated heterocycles. The van der Waals surface area contributed by atoms with E-state index in [0.717, 1.165) is 12.8 Å². The van der Waals surface area contributed by atoms with Gasteiger partial charge in [-0.25, -0.2) is 9.59 Å². The van der Waals surface area contributed by atoms with Crippen LogP contribution in [0.2, 0.25) is 0 Å². The lowest BCUT2D eigenvalue weighted by Crippen LogP contribution is -2.46. The lowest BCUT2D eigenvalue weighted by molar-refractivity contribution is -0.134. The molecule has 1 heterocycles. The Labute approximate surface area is 218 Å². The number of esters is 1. The monoisotopic (exact) mass is 520 g/mol. The normalized spacial score (nSPS) is 12.2. The zero-order valence-corrected chi connectivity index (χ0v) is 22.6.